The van der Waals surface area contributed by atoms with Crippen LogP contribution in [-0.4, -0.2) is 28.9 Å². The van der Waals surface area contributed by atoms with Gasteiger partial charge in [-0.2, -0.15) is 0 Å². The first-order valence-corrected chi connectivity index (χ1v) is 15.9. The van der Waals surface area contributed by atoms with E-state index in [1.54, 1.807) is 0 Å². The highest BCUT2D eigenvalue weighted by Crippen LogP contribution is 2.43. The predicted octanol–water partition coefficient (Wildman–Crippen LogP) is 8.26. The average Bonchev–Trinajstić information content (AvgIpc) is 3.35. The maximum Gasteiger partial charge on any atom is 0.323 e. The summed E-state index contributed by atoms with van der Waals surface area (Å²) in [6.07, 6.45) is 2.20. The number of nitrogens with one attached hydrogen (secondary N) is 2. The Bertz CT molecular complexity index is 1650. The van der Waals surface area contributed by atoms with Gasteiger partial charge in [0.1, 0.15) is 6.10 Å². The maximum atomic E-state index is 13.7. The zero-order valence-electron chi connectivity index (χ0n) is 27.4. The van der Waals surface area contributed by atoms with E-state index in [0.717, 1.165) is 38.8 Å². The number of aromatic nitrogens is 1. The van der Waals surface area contributed by atoms with Gasteiger partial charge in [0, 0.05) is 23.2 Å². The number of hydrogen-bond acceptors (Lipinski definition) is 4. The number of nitrogens with zero attached hydrogens (tertiary/aromatic N) is 1. The summed E-state index contributed by atoms with van der Waals surface area (Å²) in [6.45, 7) is 14.6. The van der Waals surface area contributed by atoms with Crippen molar-refractivity contribution >= 4 is 34.2 Å². The minimum atomic E-state index is -0.755. The van der Waals surface area contributed by atoms with Crippen LogP contribution >= 0.6 is 0 Å². The molecule has 0 saturated carbocycles. The number of ether oxygens (including phenoxy) is 2. The summed E-state index contributed by atoms with van der Waals surface area (Å²) in [5.74, 6) is -1.06. The van der Waals surface area contributed by atoms with Gasteiger partial charge < -0.3 is 30.4 Å². The topological polar surface area (TPSA) is 108 Å². The third kappa shape index (κ3) is 6.92. The Morgan fingerprint density at radius 1 is 0.911 bits per heavy atom. The van der Waals surface area contributed by atoms with Crippen LogP contribution in [0.4, 0.5) is 16.2 Å². The van der Waals surface area contributed by atoms with Crippen LogP contribution in [0, 0.1) is 5.92 Å². The lowest BCUT2D eigenvalue weighted by atomic mass is 9.93. The van der Waals surface area contributed by atoms with Gasteiger partial charge in [-0.1, -0.05) is 89.2 Å². The number of urea groups is 1. The zero-order chi connectivity index (χ0) is 32.5. The van der Waals surface area contributed by atoms with Crippen molar-refractivity contribution in [2.45, 2.75) is 84.7 Å². The molecule has 0 bridgehead atoms. The molecule has 0 radical (unpaired) electrons. The van der Waals surface area contributed by atoms with Crippen LogP contribution in [0.5, 0.6) is 0 Å². The largest absolute Gasteiger partial charge is 0.369 e. The number of hydrogen-bond donors (Lipinski definition) is 3. The monoisotopic (exact) mass is 610 g/mol. The lowest BCUT2D eigenvalue weighted by Crippen LogP contribution is -2.42. The van der Waals surface area contributed by atoms with Crippen LogP contribution in [0.15, 0.2) is 72.9 Å². The van der Waals surface area contributed by atoms with Crippen LogP contribution in [0.2, 0.25) is 0 Å². The number of fused-ring (bicyclic) bond motifs is 1. The van der Waals surface area contributed by atoms with E-state index in [2.05, 4.69) is 73.4 Å². The normalized spacial score (nSPS) is 18.7. The number of rotatable bonds is 9. The molecule has 1 aliphatic heterocycles. The summed E-state index contributed by atoms with van der Waals surface area (Å²) >= 11 is 0. The van der Waals surface area contributed by atoms with Crippen LogP contribution in [0.25, 0.3) is 10.9 Å². The minimum absolute atomic E-state index is 0.198. The van der Waals surface area contributed by atoms with Crippen molar-refractivity contribution in [3.63, 3.8) is 0 Å². The van der Waals surface area contributed by atoms with E-state index in [-0.39, 0.29) is 35.9 Å². The number of carbonyl (C=O) groups is 2. The molecule has 0 spiro atoms. The highest BCUT2D eigenvalue weighted by molar-refractivity contribution is 6.07. The molecule has 0 aliphatic carbocycles. The van der Waals surface area contributed by atoms with Gasteiger partial charge in [0.05, 0.1) is 23.9 Å². The van der Waals surface area contributed by atoms with E-state index in [0.29, 0.717) is 18.7 Å². The second kappa shape index (κ2) is 13.1. The van der Waals surface area contributed by atoms with Gasteiger partial charge in [0.25, 0.3) is 0 Å². The Hall–Kier alpha value is -4.14. The third-order valence-electron chi connectivity index (χ3n) is 8.66. The number of carbonyl (C=O) groups excluding carboxylic acids is 2. The summed E-state index contributed by atoms with van der Waals surface area (Å²) in [5, 5.41) is 7.17. The van der Waals surface area contributed by atoms with Gasteiger partial charge in [0.2, 0.25) is 5.91 Å². The fraction of sp³-hybridized carbons (Fsp3) is 0.405. The molecular formula is C37H46N4O4. The lowest BCUT2D eigenvalue weighted by Gasteiger charge is -2.42. The maximum absolute atomic E-state index is 13.7. The fourth-order valence-electron chi connectivity index (χ4n) is 6.27. The quantitative estimate of drug-likeness (QED) is 0.177. The molecule has 1 saturated heterocycles. The molecule has 8 nitrogen and oxygen atoms in total. The predicted molar refractivity (Wildman–Crippen MR) is 181 cm³/mol. The molecule has 1 aliphatic rings. The summed E-state index contributed by atoms with van der Waals surface area (Å²) in [6, 6.07) is 21.7. The molecule has 8 heteroatoms. The number of nitrogens with two attached hydrogens (primary N) is 1. The van der Waals surface area contributed by atoms with Crippen LogP contribution in [-0.2, 0) is 20.7 Å². The van der Waals surface area contributed by atoms with E-state index >= 15 is 0 Å². The zero-order valence-corrected chi connectivity index (χ0v) is 27.4. The standard InChI is InChI=1S/C37H46N4O4/c1-22(2)27-15-11-16-28(23(3)4)33(27)40-36(43)39-29-17-12-18-30-32(29)26(19-24(5)35(38)42)20-41(30)31-21-44-37(6,7)45-34(31)25-13-9-8-10-14-25/h8-18,20,22-24,31,34H,19,21H2,1-7H3,(H2,38,42)(H2,39,40,43). The number of anilines is 2. The number of para-hydroxylation sites is 1. The van der Waals surface area contributed by atoms with Crippen molar-refractivity contribution < 1.29 is 19.1 Å². The highest BCUT2D eigenvalue weighted by Gasteiger charge is 2.39. The van der Waals surface area contributed by atoms with Crippen LogP contribution in [0.1, 0.15) is 94.7 Å². The molecule has 4 aromatic rings. The number of amides is 3. The first-order valence-electron chi connectivity index (χ1n) is 15.9. The summed E-state index contributed by atoms with van der Waals surface area (Å²) in [5.41, 5.74) is 12.3. The molecule has 4 N–H and O–H groups in total. The SMILES string of the molecule is CC(Cc1cn(C2COC(C)(C)OC2c2ccccc2)c2cccc(NC(=O)Nc3c(C(C)C)cccc3C(C)C)c12)C(N)=O. The van der Waals surface area contributed by atoms with E-state index in [4.69, 9.17) is 15.2 Å². The van der Waals surface area contributed by atoms with Crippen molar-refractivity contribution in [1.29, 1.82) is 0 Å². The van der Waals surface area contributed by atoms with E-state index in [9.17, 15) is 9.59 Å². The molecule has 1 fully saturated rings. The Kier molecular flexibility index (Phi) is 9.37. The highest BCUT2D eigenvalue weighted by atomic mass is 16.7. The fourth-order valence-corrected chi connectivity index (χ4v) is 6.27. The molecule has 3 atom stereocenters. The molecule has 3 amide bonds. The number of primary amides is 1. The smallest absolute Gasteiger partial charge is 0.323 e. The van der Waals surface area contributed by atoms with Gasteiger partial charge >= 0.3 is 6.03 Å². The minimum Gasteiger partial charge on any atom is -0.369 e. The molecule has 2 heterocycles. The van der Waals surface area contributed by atoms with Gasteiger partial charge in [-0.05, 0) is 66.5 Å². The second-order valence-electron chi connectivity index (χ2n) is 13.2. The van der Waals surface area contributed by atoms with Crippen molar-refractivity contribution in [2.24, 2.45) is 11.7 Å². The molecule has 3 unspecified atom stereocenters. The molecular weight excluding hydrogens is 564 g/mol. The van der Waals surface area contributed by atoms with E-state index in [1.165, 1.54) is 0 Å². The number of benzene rings is 3. The van der Waals surface area contributed by atoms with Crippen LogP contribution < -0.4 is 16.4 Å². The Morgan fingerprint density at radius 2 is 1.56 bits per heavy atom. The first-order chi connectivity index (χ1) is 21.4. The van der Waals surface area contributed by atoms with Gasteiger partial charge in [-0.25, -0.2) is 4.79 Å². The van der Waals surface area contributed by atoms with Crippen molar-refractivity contribution in [2.75, 3.05) is 17.2 Å². The van der Waals surface area contributed by atoms with E-state index in [1.807, 2.05) is 63.2 Å². The van der Waals surface area contributed by atoms with Crippen LogP contribution in [0.3, 0.4) is 0 Å². The Balaban J connectivity index is 1.58. The molecule has 5 rings (SSSR count). The third-order valence-corrected chi connectivity index (χ3v) is 8.66. The molecule has 45 heavy (non-hydrogen) atoms. The average molecular weight is 611 g/mol. The van der Waals surface area contributed by atoms with Gasteiger partial charge in [0.15, 0.2) is 5.79 Å². The summed E-state index contributed by atoms with van der Waals surface area (Å²) in [7, 11) is 0. The molecule has 3 aromatic carbocycles. The van der Waals surface area contributed by atoms with Crippen molar-refractivity contribution in [1.82, 2.24) is 4.57 Å². The van der Waals surface area contributed by atoms with Crippen molar-refractivity contribution in [3.05, 3.63) is 95.2 Å². The van der Waals surface area contributed by atoms with E-state index < -0.39 is 11.7 Å². The molecule has 238 valence electrons. The second-order valence-corrected chi connectivity index (χ2v) is 13.2. The lowest BCUT2D eigenvalue weighted by molar-refractivity contribution is -0.291. The van der Waals surface area contributed by atoms with Gasteiger partial charge in [-0.15, -0.1) is 0 Å². The summed E-state index contributed by atoms with van der Waals surface area (Å²) < 4.78 is 14.9. The Morgan fingerprint density at radius 3 is 2.18 bits per heavy atom. The van der Waals surface area contributed by atoms with Gasteiger partial charge in [-0.3, -0.25) is 4.79 Å². The Labute approximate surface area is 266 Å². The first kappa shape index (κ1) is 32.3. The molecule has 1 aromatic heterocycles. The van der Waals surface area contributed by atoms with Crippen molar-refractivity contribution in [3.8, 4) is 0 Å². The summed E-state index contributed by atoms with van der Waals surface area (Å²) in [4.78, 5) is 25.9.